The summed E-state index contributed by atoms with van der Waals surface area (Å²) >= 11 is 0. The Hall–Kier alpha value is 0.110. The van der Waals surface area contributed by atoms with Gasteiger partial charge in [-0.05, 0) is 57.3 Å². The SMILES string of the molecule is CC[C@]1([C@H]2O[C@H]([C@@H]3O[C@](O)(CO)[C@@H](C)C[C@H]3C)C[C@H]2C)CC[C@@H]([C@@]2(C)CC[C@@]3(C[C@@H](O)[C@H](C)[C@H]([C@H](C)[C@H](OC)C(C)C(=O)[O-])O3)O2)O1.[Na+]. The smallest absolute Gasteiger partial charge is 0.550 e. The number of aliphatic hydroxyl groups excluding tert-OH is 2. The van der Waals surface area contributed by atoms with Gasteiger partial charge in [0.15, 0.2) is 11.6 Å². The predicted octanol–water partition coefficient (Wildman–Crippen LogP) is -0.0578. The minimum absolute atomic E-state index is 0. The molecule has 17 atom stereocenters. The summed E-state index contributed by atoms with van der Waals surface area (Å²) in [6.45, 7) is 15.4. The molecule has 0 aromatic heterocycles. The molecule has 5 fully saturated rings. The number of hydrogen-bond acceptors (Lipinski definition) is 11. The molecule has 0 aromatic carbocycles. The summed E-state index contributed by atoms with van der Waals surface area (Å²) in [6.07, 6.45) is 2.81. The maximum atomic E-state index is 11.7. The van der Waals surface area contributed by atoms with Crippen LogP contribution in [0.15, 0.2) is 0 Å². The molecular formula is C36H61NaO11. The predicted molar refractivity (Wildman–Crippen MR) is 170 cm³/mol. The molecule has 1 spiro atoms. The van der Waals surface area contributed by atoms with Gasteiger partial charge in [0.1, 0.15) is 0 Å². The fourth-order valence-electron chi connectivity index (χ4n) is 9.91. The average molecular weight is 693 g/mol. The molecule has 5 aliphatic heterocycles. The summed E-state index contributed by atoms with van der Waals surface area (Å²) in [5, 5.41) is 43.9. The van der Waals surface area contributed by atoms with Gasteiger partial charge in [-0.1, -0.05) is 48.5 Å². The largest absolute Gasteiger partial charge is 1.00 e. The van der Waals surface area contributed by atoms with Crippen molar-refractivity contribution >= 4 is 5.97 Å². The van der Waals surface area contributed by atoms with Gasteiger partial charge in [-0.2, -0.15) is 0 Å². The first-order valence-corrected chi connectivity index (χ1v) is 18.1. The standard InChI is InChI=1S/C36H62O11.Na/c1-10-34(31-20(3)16-26(43-31)28-19(2)15-21(4)36(41,18-37)46-28)12-11-27(44-34)33(8)13-14-35(47-33)17-25(38)22(5)30(45-35)23(6)29(42-9)24(7)32(39)40;/h19-31,37-38,41H,10-18H2,1-9H3,(H,39,40);/q;+1/p-1/t19-,20-,21+,22+,23-,24?,25-,26+,27+,28-,29+,30-,31+,33-,34-,35+,36-;/m1./s1. The van der Waals surface area contributed by atoms with Gasteiger partial charge in [-0.15, -0.1) is 0 Å². The number of hydrogen-bond donors (Lipinski definition) is 3. The average Bonchev–Trinajstić information content (AvgIpc) is 3.73. The Bertz CT molecular complexity index is 1110. The zero-order valence-corrected chi connectivity index (χ0v) is 33.0. The van der Waals surface area contributed by atoms with E-state index in [1.165, 1.54) is 7.11 Å². The molecule has 0 aliphatic carbocycles. The molecular weight excluding hydrogens is 631 g/mol. The van der Waals surface area contributed by atoms with Crippen molar-refractivity contribution in [1.82, 2.24) is 0 Å². The second kappa shape index (κ2) is 15.2. The molecule has 1 unspecified atom stereocenters. The second-order valence-corrected chi connectivity index (χ2v) is 16.3. The molecule has 11 nitrogen and oxygen atoms in total. The number of carbonyl (C=O) groups is 1. The van der Waals surface area contributed by atoms with Gasteiger partial charge >= 0.3 is 29.6 Å². The Morgan fingerprint density at radius 2 is 1.73 bits per heavy atom. The van der Waals surface area contributed by atoms with Crippen molar-refractivity contribution in [2.45, 2.75) is 172 Å². The number of carbonyl (C=O) groups excluding carboxylic acids is 1. The number of aliphatic carboxylic acids is 1. The Morgan fingerprint density at radius 1 is 1.04 bits per heavy atom. The van der Waals surface area contributed by atoms with Crippen molar-refractivity contribution in [3.8, 4) is 0 Å². The van der Waals surface area contributed by atoms with Gasteiger partial charge < -0.3 is 53.6 Å². The van der Waals surface area contributed by atoms with Crippen LogP contribution in [0.4, 0.5) is 0 Å². The summed E-state index contributed by atoms with van der Waals surface area (Å²) in [5.74, 6) is -4.97. The van der Waals surface area contributed by atoms with Crippen LogP contribution < -0.4 is 34.7 Å². The second-order valence-electron chi connectivity index (χ2n) is 16.3. The van der Waals surface area contributed by atoms with Crippen LogP contribution in [0.2, 0.25) is 0 Å². The molecule has 0 aromatic rings. The molecule has 0 bridgehead atoms. The Labute approximate surface area is 309 Å². The zero-order valence-electron chi connectivity index (χ0n) is 31.0. The molecule has 5 saturated heterocycles. The van der Waals surface area contributed by atoms with Crippen LogP contribution in [-0.4, -0.2) is 101 Å². The normalized spacial score (nSPS) is 49.8. The van der Waals surface area contributed by atoms with E-state index < -0.39 is 59.6 Å². The maximum absolute atomic E-state index is 11.7. The third-order valence-electron chi connectivity index (χ3n) is 13.0. The Kier molecular flexibility index (Phi) is 13.0. The van der Waals surface area contributed by atoms with Crippen LogP contribution in [0.5, 0.6) is 0 Å². The van der Waals surface area contributed by atoms with Crippen molar-refractivity contribution < 1.29 is 83.2 Å². The van der Waals surface area contributed by atoms with E-state index in [1.54, 1.807) is 6.92 Å². The number of carboxylic acids is 1. The van der Waals surface area contributed by atoms with Crippen molar-refractivity contribution in [1.29, 1.82) is 0 Å². The van der Waals surface area contributed by atoms with Crippen LogP contribution in [0.3, 0.4) is 0 Å². The minimum atomic E-state index is -1.57. The first-order chi connectivity index (χ1) is 22.0. The summed E-state index contributed by atoms with van der Waals surface area (Å²) in [6, 6.07) is 0. The van der Waals surface area contributed by atoms with Crippen LogP contribution in [0.25, 0.3) is 0 Å². The fourth-order valence-corrected chi connectivity index (χ4v) is 9.91. The molecule has 5 aliphatic rings. The molecule has 48 heavy (non-hydrogen) atoms. The maximum Gasteiger partial charge on any atom is 1.00 e. The summed E-state index contributed by atoms with van der Waals surface area (Å²) in [4.78, 5) is 11.7. The van der Waals surface area contributed by atoms with Gasteiger partial charge in [-0.25, -0.2) is 0 Å². The van der Waals surface area contributed by atoms with E-state index in [0.717, 1.165) is 32.1 Å². The van der Waals surface area contributed by atoms with Crippen LogP contribution >= 0.6 is 0 Å². The topological polar surface area (TPSA) is 156 Å². The van der Waals surface area contributed by atoms with E-state index in [4.69, 9.17) is 28.4 Å². The monoisotopic (exact) mass is 692 g/mol. The van der Waals surface area contributed by atoms with Crippen LogP contribution in [0, 0.1) is 35.5 Å². The fraction of sp³-hybridized carbons (Fsp3) is 0.972. The van der Waals surface area contributed by atoms with E-state index in [1.807, 2.05) is 20.8 Å². The molecule has 0 radical (unpaired) electrons. The quantitative estimate of drug-likeness (QED) is 0.264. The Balaban J connectivity index is 0.00000520. The summed E-state index contributed by atoms with van der Waals surface area (Å²) in [7, 11) is 1.50. The number of ether oxygens (including phenoxy) is 6. The molecule has 0 amide bonds. The first-order valence-electron chi connectivity index (χ1n) is 18.1. The van der Waals surface area contributed by atoms with Gasteiger partial charge in [0.05, 0.1) is 60.5 Å². The molecule has 0 saturated carbocycles. The molecule has 5 rings (SSSR count). The summed E-state index contributed by atoms with van der Waals surface area (Å²) < 4.78 is 39.3. The zero-order chi connectivity index (χ0) is 34.7. The van der Waals surface area contributed by atoms with E-state index in [2.05, 4.69) is 27.7 Å². The molecule has 3 N–H and O–H groups in total. The van der Waals surface area contributed by atoms with E-state index >= 15 is 0 Å². The van der Waals surface area contributed by atoms with Crippen molar-refractivity contribution in [2.24, 2.45) is 35.5 Å². The number of methoxy groups -OCH3 is 1. The third kappa shape index (κ3) is 7.33. The molecule has 12 heteroatoms. The van der Waals surface area contributed by atoms with Crippen LogP contribution in [0.1, 0.15) is 107 Å². The number of carboxylic acid groups (broad SMARTS) is 1. The van der Waals surface area contributed by atoms with Crippen LogP contribution in [-0.2, 0) is 33.2 Å². The number of aliphatic hydroxyl groups is 3. The number of rotatable bonds is 10. The minimum Gasteiger partial charge on any atom is -0.550 e. The first kappa shape index (κ1) is 40.9. The molecule has 5 heterocycles. The van der Waals surface area contributed by atoms with Crippen molar-refractivity contribution in [2.75, 3.05) is 13.7 Å². The van der Waals surface area contributed by atoms with E-state index in [0.29, 0.717) is 19.3 Å². The van der Waals surface area contributed by atoms with Crippen molar-refractivity contribution in [3.05, 3.63) is 0 Å². The van der Waals surface area contributed by atoms with E-state index in [-0.39, 0.29) is 83.6 Å². The summed E-state index contributed by atoms with van der Waals surface area (Å²) in [5.41, 5.74) is -1.16. The molecule has 272 valence electrons. The van der Waals surface area contributed by atoms with Gasteiger partial charge in [-0.3, -0.25) is 0 Å². The van der Waals surface area contributed by atoms with Gasteiger partial charge in [0.2, 0.25) is 0 Å². The van der Waals surface area contributed by atoms with E-state index in [9.17, 15) is 25.2 Å². The van der Waals surface area contributed by atoms with Gasteiger partial charge in [0, 0.05) is 49.6 Å². The van der Waals surface area contributed by atoms with Gasteiger partial charge in [0.25, 0.3) is 0 Å². The van der Waals surface area contributed by atoms with Crippen molar-refractivity contribution in [3.63, 3.8) is 0 Å². The Morgan fingerprint density at radius 3 is 2.33 bits per heavy atom. The third-order valence-corrected chi connectivity index (χ3v) is 13.0.